The van der Waals surface area contributed by atoms with E-state index in [2.05, 4.69) is 20.8 Å². The van der Waals surface area contributed by atoms with Gasteiger partial charge in [-0.15, -0.1) is 0 Å². The fraction of sp³-hybridized carbons (Fsp3) is 0.946. The number of unbranched alkanes of at least 4 members (excludes halogenated alkanes) is 41. The summed E-state index contributed by atoms with van der Waals surface area (Å²) in [6.45, 7) is 6.55. The second-order valence-electron chi connectivity index (χ2n) is 19.2. The van der Waals surface area contributed by atoms with Crippen molar-refractivity contribution in [1.82, 2.24) is 0 Å². The van der Waals surface area contributed by atoms with Gasteiger partial charge < -0.3 is 14.2 Å². The van der Waals surface area contributed by atoms with Crippen molar-refractivity contribution in [1.29, 1.82) is 0 Å². The Hall–Kier alpha value is -1.59. The van der Waals surface area contributed by atoms with Gasteiger partial charge in [0.1, 0.15) is 13.2 Å². The monoisotopic (exact) mass is 877 g/mol. The fourth-order valence-electron chi connectivity index (χ4n) is 8.62. The minimum Gasteiger partial charge on any atom is -0.462 e. The van der Waals surface area contributed by atoms with E-state index in [0.29, 0.717) is 19.3 Å². The summed E-state index contributed by atoms with van der Waals surface area (Å²) < 4.78 is 16.6. The second-order valence-corrected chi connectivity index (χ2v) is 19.2. The van der Waals surface area contributed by atoms with Crippen molar-refractivity contribution in [2.24, 2.45) is 0 Å². The van der Waals surface area contributed by atoms with Gasteiger partial charge in [0, 0.05) is 19.3 Å². The first-order valence-corrected chi connectivity index (χ1v) is 28.0. The van der Waals surface area contributed by atoms with Crippen molar-refractivity contribution in [3.05, 3.63) is 0 Å². The summed E-state index contributed by atoms with van der Waals surface area (Å²) >= 11 is 0. The lowest BCUT2D eigenvalue weighted by atomic mass is 10.0. The van der Waals surface area contributed by atoms with Crippen LogP contribution >= 0.6 is 0 Å². The van der Waals surface area contributed by atoms with Crippen molar-refractivity contribution in [3.63, 3.8) is 0 Å². The predicted molar refractivity (Wildman–Crippen MR) is 266 cm³/mol. The van der Waals surface area contributed by atoms with Crippen LogP contribution in [0.1, 0.15) is 323 Å². The Labute approximate surface area is 387 Å². The Kier molecular flexibility index (Phi) is 50.7. The number of hydrogen-bond donors (Lipinski definition) is 0. The molecule has 0 radical (unpaired) electrons. The van der Waals surface area contributed by atoms with Crippen LogP contribution in [0.3, 0.4) is 0 Å². The fourth-order valence-corrected chi connectivity index (χ4v) is 8.62. The van der Waals surface area contributed by atoms with E-state index in [1.165, 1.54) is 225 Å². The lowest BCUT2D eigenvalue weighted by Gasteiger charge is -2.18. The topological polar surface area (TPSA) is 78.9 Å². The largest absolute Gasteiger partial charge is 0.462 e. The highest BCUT2D eigenvalue weighted by molar-refractivity contribution is 5.71. The summed E-state index contributed by atoms with van der Waals surface area (Å²) in [6.07, 6.45) is 57.7. The van der Waals surface area contributed by atoms with Crippen LogP contribution in [-0.2, 0) is 28.6 Å². The third kappa shape index (κ3) is 49.4. The summed E-state index contributed by atoms with van der Waals surface area (Å²) in [5.41, 5.74) is 0. The molecule has 0 aliphatic rings. The Balaban J connectivity index is 3.72. The minimum atomic E-state index is -0.756. The summed E-state index contributed by atoms with van der Waals surface area (Å²) in [5.74, 6) is -0.869. The van der Waals surface area contributed by atoms with Gasteiger partial charge in [-0.25, -0.2) is 0 Å². The van der Waals surface area contributed by atoms with Crippen LogP contribution < -0.4 is 0 Å². The van der Waals surface area contributed by atoms with Gasteiger partial charge in [-0.3, -0.25) is 14.4 Å². The average Bonchev–Trinajstić information content (AvgIpc) is 3.27. The highest BCUT2D eigenvalue weighted by atomic mass is 16.6. The van der Waals surface area contributed by atoms with Gasteiger partial charge in [-0.2, -0.15) is 0 Å². The molecule has 0 fully saturated rings. The molecule has 0 rings (SSSR count). The van der Waals surface area contributed by atoms with E-state index in [0.717, 1.165) is 57.8 Å². The summed E-state index contributed by atoms with van der Waals surface area (Å²) in [4.78, 5) is 37.4. The van der Waals surface area contributed by atoms with Crippen molar-refractivity contribution < 1.29 is 28.6 Å². The van der Waals surface area contributed by atoms with Gasteiger partial charge in [0.05, 0.1) is 0 Å². The third-order valence-electron chi connectivity index (χ3n) is 12.9. The molecule has 0 aliphatic heterocycles. The maximum Gasteiger partial charge on any atom is 0.306 e. The molecular formula is C56H108O6. The zero-order valence-electron chi connectivity index (χ0n) is 42.2. The number of ether oxygens (including phenoxy) is 3. The molecule has 0 aliphatic carbocycles. The Morgan fingerprint density at radius 1 is 0.258 bits per heavy atom. The minimum absolute atomic E-state index is 0.0645. The van der Waals surface area contributed by atoms with Crippen molar-refractivity contribution in [2.45, 2.75) is 329 Å². The second kappa shape index (κ2) is 52.0. The average molecular weight is 877 g/mol. The van der Waals surface area contributed by atoms with Crippen LogP contribution in [-0.4, -0.2) is 37.2 Å². The third-order valence-corrected chi connectivity index (χ3v) is 12.9. The first-order chi connectivity index (χ1) is 30.5. The van der Waals surface area contributed by atoms with Crippen molar-refractivity contribution >= 4 is 17.9 Å². The number of carbonyl (C=O) groups is 3. The Morgan fingerprint density at radius 2 is 0.435 bits per heavy atom. The van der Waals surface area contributed by atoms with Crippen molar-refractivity contribution in [2.75, 3.05) is 13.2 Å². The van der Waals surface area contributed by atoms with Crippen LogP contribution in [0.5, 0.6) is 0 Å². The number of hydrogen-bond acceptors (Lipinski definition) is 6. The molecular weight excluding hydrogens is 769 g/mol. The van der Waals surface area contributed by atoms with E-state index in [1.807, 2.05) is 0 Å². The van der Waals surface area contributed by atoms with Crippen LogP contribution in [0, 0.1) is 0 Å². The van der Waals surface area contributed by atoms with Crippen LogP contribution in [0.25, 0.3) is 0 Å². The zero-order chi connectivity index (χ0) is 45.1. The highest BCUT2D eigenvalue weighted by Crippen LogP contribution is 2.18. The highest BCUT2D eigenvalue weighted by Gasteiger charge is 2.19. The van der Waals surface area contributed by atoms with E-state index in [-0.39, 0.29) is 31.1 Å². The molecule has 1 unspecified atom stereocenters. The lowest BCUT2D eigenvalue weighted by molar-refractivity contribution is -0.167. The number of carbonyl (C=O) groups excluding carboxylic acids is 3. The van der Waals surface area contributed by atoms with E-state index >= 15 is 0 Å². The molecule has 0 bridgehead atoms. The molecule has 0 spiro atoms. The molecule has 1 atom stereocenters. The summed E-state index contributed by atoms with van der Waals surface area (Å²) in [6, 6.07) is 0. The van der Waals surface area contributed by atoms with Crippen LogP contribution in [0.15, 0.2) is 0 Å². The summed E-state index contributed by atoms with van der Waals surface area (Å²) in [7, 11) is 0. The molecule has 62 heavy (non-hydrogen) atoms. The molecule has 0 aromatic carbocycles. The van der Waals surface area contributed by atoms with Crippen molar-refractivity contribution in [3.8, 4) is 0 Å². The maximum atomic E-state index is 12.5. The molecule has 0 aromatic rings. The molecule has 0 heterocycles. The van der Waals surface area contributed by atoms with Crippen LogP contribution in [0.4, 0.5) is 0 Å². The molecule has 6 nitrogen and oxygen atoms in total. The SMILES string of the molecule is CCCCCCCCCCCCCCCCCCCCCCCCCCCCCCCCCCC(=O)OCC(COC(=O)CCCCCCCC)OC(=O)CCCCCCCC. The van der Waals surface area contributed by atoms with E-state index in [1.54, 1.807) is 0 Å². The predicted octanol–water partition coefficient (Wildman–Crippen LogP) is 18.4. The van der Waals surface area contributed by atoms with Gasteiger partial charge in [0.2, 0.25) is 0 Å². The Morgan fingerprint density at radius 3 is 0.645 bits per heavy atom. The van der Waals surface area contributed by atoms with Gasteiger partial charge in [0.15, 0.2) is 6.10 Å². The lowest BCUT2D eigenvalue weighted by Crippen LogP contribution is -2.30. The first-order valence-electron chi connectivity index (χ1n) is 28.0. The van der Waals surface area contributed by atoms with E-state index < -0.39 is 6.10 Å². The molecule has 0 amide bonds. The standard InChI is InChI=1S/C56H108O6/c1-4-7-10-13-16-17-18-19-20-21-22-23-24-25-26-27-28-29-30-31-32-33-34-35-36-37-38-39-40-41-44-46-49-55(58)61-52-53(62-56(59)50-47-43-15-12-9-6-3)51-60-54(57)48-45-42-14-11-8-5-2/h53H,4-52H2,1-3H3. The Bertz CT molecular complexity index is 920. The number of rotatable bonds is 52. The zero-order valence-corrected chi connectivity index (χ0v) is 42.2. The van der Waals surface area contributed by atoms with E-state index in [9.17, 15) is 14.4 Å². The maximum absolute atomic E-state index is 12.5. The normalized spacial score (nSPS) is 11.9. The van der Waals surface area contributed by atoms with Gasteiger partial charge in [-0.1, -0.05) is 284 Å². The molecule has 368 valence electrons. The molecule has 0 saturated heterocycles. The van der Waals surface area contributed by atoms with Gasteiger partial charge >= 0.3 is 17.9 Å². The molecule has 0 N–H and O–H groups in total. The first kappa shape index (κ1) is 60.4. The summed E-state index contributed by atoms with van der Waals surface area (Å²) in [5, 5.41) is 0. The van der Waals surface area contributed by atoms with Gasteiger partial charge in [-0.05, 0) is 19.3 Å². The molecule has 0 saturated carbocycles. The van der Waals surface area contributed by atoms with Gasteiger partial charge in [0.25, 0.3) is 0 Å². The quantitative estimate of drug-likeness (QED) is 0.0344. The molecule has 6 heteroatoms. The smallest absolute Gasteiger partial charge is 0.306 e. The molecule has 0 aromatic heterocycles. The van der Waals surface area contributed by atoms with E-state index in [4.69, 9.17) is 14.2 Å². The number of esters is 3. The van der Waals surface area contributed by atoms with Crippen LogP contribution in [0.2, 0.25) is 0 Å².